The van der Waals surface area contributed by atoms with Crippen molar-refractivity contribution >= 4 is 5.91 Å². The van der Waals surface area contributed by atoms with Crippen molar-refractivity contribution in [1.82, 2.24) is 5.32 Å². The molecule has 0 radical (unpaired) electrons. The van der Waals surface area contributed by atoms with Crippen molar-refractivity contribution < 1.29 is 14.3 Å². The molecule has 0 bridgehead atoms. The number of carbonyl (C=O) groups is 1. The summed E-state index contributed by atoms with van der Waals surface area (Å²) in [4.78, 5) is 11.5. The first kappa shape index (κ1) is 11.1. The summed E-state index contributed by atoms with van der Waals surface area (Å²) in [6.45, 7) is 1.61. The van der Waals surface area contributed by atoms with Gasteiger partial charge in [-0.05, 0) is 25.1 Å². The third kappa shape index (κ3) is 2.71. The number of carbonyl (C=O) groups excluding carboxylic acids is 1. The molecule has 1 amide bonds. The minimum absolute atomic E-state index is 0.128. The predicted octanol–water partition coefficient (Wildman–Crippen LogP) is 1.28. The number of benzene rings is 1. The highest BCUT2D eigenvalue weighted by Gasteiger charge is 2.13. The summed E-state index contributed by atoms with van der Waals surface area (Å²) in [5.41, 5.74) is -0.128. The van der Waals surface area contributed by atoms with Crippen LogP contribution in [0.2, 0.25) is 0 Å². The third-order valence-electron chi connectivity index (χ3n) is 1.80. The molecule has 0 saturated carbocycles. The van der Waals surface area contributed by atoms with Gasteiger partial charge in [-0.25, -0.2) is 4.39 Å². The van der Waals surface area contributed by atoms with E-state index in [1.54, 1.807) is 6.92 Å². The number of nitrogens with one attached hydrogen (secondary N) is 1. The van der Waals surface area contributed by atoms with Crippen LogP contribution in [0.15, 0.2) is 18.2 Å². The van der Waals surface area contributed by atoms with Gasteiger partial charge in [-0.3, -0.25) is 4.79 Å². The first-order valence-electron chi connectivity index (χ1n) is 4.30. The largest absolute Gasteiger partial charge is 0.507 e. The highest BCUT2D eigenvalue weighted by Crippen LogP contribution is 2.17. The summed E-state index contributed by atoms with van der Waals surface area (Å²) >= 11 is 0. The molecule has 0 saturated heterocycles. The molecule has 1 atom stereocenters. The molecule has 0 spiro atoms. The summed E-state index contributed by atoms with van der Waals surface area (Å²) < 4.78 is 12.8. The maximum atomic E-state index is 12.8. The van der Waals surface area contributed by atoms with Crippen LogP contribution in [-0.4, -0.2) is 17.1 Å². The number of terminal acetylenes is 1. The quantitative estimate of drug-likeness (QED) is 0.718. The zero-order chi connectivity index (χ0) is 11.4. The number of aromatic hydroxyl groups is 1. The Morgan fingerprint density at radius 2 is 2.33 bits per heavy atom. The van der Waals surface area contributed by atoms with E-state index in [-0.39, 0.29) is 11.3 Å². The van der Waals surface area contributed by atoms with E-state index < -0.39 is 17.8 Å². The van der Waals surface area contributed by atoms with E-state index in [9.17, 15) is 14.3 Å². The van der Waals surface area contributed by atoms with E-state index in [0.717, 1.165) is 18.2 Å². The van der Waals surface area contributed by atoms with E-state index in [0.29, 0.717) is 0 Å². The summed E-state index contributed by atoms with van der Waals surface area (Å²) in [7, 11) is 0. The first-order valence-corrected chi connectivity index (χ1v) is 4.30. The first-order chi connectivity index (χ1) is 7.04. The molecule has 0 heterocycles. The Hall–Kier alpha value is -2.02. The van der Waals surface area contributed by atoms with Crippen LogP contribution < -0.4 is 5.32 Å². The Morgan fingerprint density at radius 1 is 1.67 bits per heavy atom. The number of hydrogen-bond donors (Lipinski definition) is 2. The summed E-state index contributed by atoms with van der Waals surface area (Å²) in [5.74, 6) is 0.822. The van der Waals surface area contributed by atoms with Crippen molar-refractivity contribution in [1.29, 1.82) is 0 Å². The number of phenols is 1. The zero-order valence-corrected chi connectivity index (χ0v) is 8.12. The maximum absolute atomic E-state index is 12.8. The van der Waals surface area contributed by atoms with Crippen molar-refractivity contribution in [3.8, 4) is 18.1 Å². The van der Waals surface area contributed by atoms with Gasteiger partial charge in [-0.2, -0.15) is 0 Å². The predicted molar refractivity (Wildman–Crippen MR) is 53.8 cm³/mol. The molecule has 0 fully saturated rings. The van der Waals surface area contributed by atoms with Crippen molar-refractivity contribution in [2.45, 2.75) is 13.0 Å². The van der Waals surface area contributed by atoms with Crippen molar-refractivity contribution in [2.24, 2.45) is 0 Å². The number of amides is 1. The standard InChI is InChI=1S/C11H10FNO2/c1-3-7(2)13-11(15)9-6-8(12)4-5-10(9)14/h1,4-7,14H,2H3,(H,13,15). The van der Waals surface area contributed by atoms with Crippen LogP contribution in [0.1, 0.15) is 17.3 Å². The van der Waals surface area contributed by atoms with Gasteiger partial charge in [0.05, 0.1) is 11.6 Å². The smallest absolute Gasteiger partial charge is 0.256 e. The molecule has 78 valence electrons. The molecule has 0 aliphatic carbocycles. The molecule has 15 heavy (non-hydrogen) atoms. The second kappa shape index (κ2) is 4.47. The zero-order valence-electron chi connectivity index (χ0n) is 8.12. The molecule has 2 N–H and O–H groups in total. The second-order valence-electron chi connectivity index (χ2n) is 3.02. The number of phenolic OH excluding ortho intramolecular Hbond substituents is 1. The van der Waals surface area contributed by atoms with Gasteiger partial charge in [0, 0.05) is 0 Å². The lowest BCUT2D eigenvalue weighted by Crippen LogP contribution is -2.31. The molecule has 1 aromatic rings. The highest BCUT2D eigenvalue weighted by atomic mass is 19.1. The fraction of sp³-hybridized carbons (Fsp3) is 0.182. The van der Waals surface area contributed by atoms with E-state index in [1.165, 1.54) is 0 Å². The van der Waals surface area contributed by atoms with Crippen LogP contribution in [0.25, 0.3) is 0 Å². The molecule has 0 aliphatic heterocycles. The van der Waals surface area contributed by atoms with Gasteiger partial charge < -0.3 is 10.4 Å². The van der Waals surface area contributed by atoms with Gasteiger partial charge in [0.2, 0.25) is 0 Å². The third-order valence-corrected chi connectivity index (χ3v) is 1.80. The van der Waals surface area contributed by atoms with Gasteiger partial charge >= 0.3 is 0 Å². The van der Waals surface area contributed by atoms with E-state index in [4.69, 9.17) is 6.42 Å². The number of rotatable bonds is 2. The molecule has 1 aromatic carbocycles. The van der Waals surface area contributed by atoms with Crippen molar-refractivity contribution in [2.75, 3.05) is 0 Å². The summed E-state index contributed by atoms with van der Waals surface area (Å²) in [6, 6.07) is 2.66. The Morgan fingerprint density at radius 3 is 2.93 bits per heavy atom. The van der Waals surface area contributed by atoms with Crippen molar-refractivity contribution in [3.05, 3.63) is 29.6 Å². The Kier molecular flexibility index (Phi) is 3.29. The van der Waals surface area contributed by atoms with E-state index >= 15 is 0 Å². The molecule has 0 aliphatic rings. The minimum atomic E-state index is -0.600. The normalized spacial score (nSPS) is 11.5. The van der Waals surface area contributed by atoms with E-state index in [1.807, 2.05) is 0 Å². The molecule has 4 heteroatoms. The van der Waals surface area contributed by atoms with Gasteiger partial charge in [-0.1, -0.05) is 5.92 Å². The van der Waals surface area contributed by atoms with Crippen LogP contribution in [0.4, 0.5) is 4.39 Å². The lowest BCUT2D eigenvalue weighted by Gasteiger charge is -2.08. The monoisotopic (exact) mass is 207 g/mol. The van der Waals surface area contributed by atoms with Crippen molar-refractivity contribution in [3.63, 3.8) is 0 Å². The fourth-order valence-electron chi connectivity index (χ4n) is 1.01. The average molecular weight is 207 g/mol. The Bertz CT molecular complexity index is 423. The number of halogens is 1. The maximum Gasteiger partial charge on any atom is 0.256 e. The Labute approximate surface area is 86.9 Å². The average Bonchev–Trinajstić information content (AvgIpc) is 2.21. The minimum Gasteiger partial charge on any atom is -0.507 e. The fourth-order valence-corrected chi connectivity index (χ4v) is 1.01. The lowest BCUT2D eigenvalue weighted by atomic mass is 10.1. The summed E-state index contributed by atoms with van der Waals surface area (Å²) in [5, 5.41) is 11.7. The molecule has 1 rings (SSSR count). The highest BCUT2D eigenvalue weighted by molar-refractivity contribution is 5.97. The van der Waals surface area contributed by atoms with Gasteiger partial charge in [0.25, 0.3) is 5.91 Å². The molecular weight excluding hydrogens is 197 g/mol. The summed E-state index contributed by atoms with van der Waals surface area (Å²) in [6.07, 6.45) is 5.07. The van der Waals surface area contributed by atoms with Gasteiger partial charge in [0.1, 0.15) is 11.6 Å². The van der Waals surface area contributed by atoms with Crippen LogP contribution >= 0.6 is 0 Å². The van der Waals surface area contributed by atoms with Crippen LogP contribution in [0, 0.1) is 18.2 Å². The topological polar surface area (TPSA) is 49.3 Å². The molecule has 0 aromatic heterocycles. The lowest BCUT2D eigenvalue weighted by molar-refractivity contribution is 0.0945. The van der Waals surface area contributed by atoms with Gasteiger partial charge in [-0.15, -0.1) is 6.42 Å². The van der Waals surface area contributed by atoms with Crippen LogP contribution in [0.5, 0.6) is 5.75 Å². The molecular formula is C11H10FNO2. The Balaban J connectivity index is 2.92. The second-order valence-corrected chi connectivity index (χ2v) is 3.02. The van der Waals surface area contributed by atoms with Crippen LogP contribution in [-0.2, 0) is 0 Å². The molecule has 1 unspecified atom stereocenters. The molecule has 3 nitrogen and oxygen atoms in total. The van der Waals surface area contributed by atoms with E-state index in [2.05, 4.69) is 11.2 Å². The van der Waals surface area contributed by atoms with Gasteiger partial charge in [0.15, 0.2) is 0 Å². The number of hydrogen-bond acceptors (Lipinski definition) is 2. The SMILES string of the molecule is C#CC(C)NC(=O)c1cc(F)ccc1O. The van der Waals surface area contributed by atoms with Crippen LogP contribution in [0.3, 0.4) is 0 Å².